The molecule has 0 radical (unpaired) electrons. The molecule has 15 heavy (non-hydrogen) atoms. The molecule has 78 valence electrons. The van der Waals surface area contributed by atoms with Crippen molar-refractivity contribution < 1.29 is 4.74 Å². The lowest BCUT2D eigenvalue weighted by Crippen LogP contribution is -2.12. The molecule has 0 bridgehead atoms. The first kappa shape index (κ1) is 10.3. The Morgan fingerprint density at radius 1 is 1.53 bits per heavy atom. The molecule has 4 heteroatoms. The van der Waals surface area contributed by atoms with E-state index in [9.17, 15) is 0 Å². The molecule has 1 heterocycles. The van der Waals surface area contributed by atoms with E-state index in [1.165, 1.54) is 0 Å². The average Bonchev–Trinajstić information content (AvgIpc) is 2.99. The maximum atomic E-state index is 8.64. The minimum Gasteiger partial charge on any atom is -0.491 e. The Bertz CT molecular complexity index is 379. The van der Waals surface area contributed by atoms with Crippen molar-refractivity contribution in [2.45, 2.75) is 19.3 Å². The van der Waals surface area contributed by atoms with Crippen LogP contribution in [0.1, 0.15) is 19.3 Å². The van der Waals surface area contributed by atoms with Crippen LogP contribution in [0, 0.1) is 16.7 Å². The SMILES string of the molecule is N#CCC1(COc2ccc(Cl)nc2)CC1. The predicted octanol–water partition coefficient (Wildman–Crippen LogP) is 2.81. The summed E-state index contributed by atoms with van der Waals surface area (Å²) >= 11 is 5.65. The monoisotopic (exact) mass is 222 g/mol. The van der Waals surface area contributed by atoms with Gasteiger partial charge in [0.25, 0.3) is 0 Å². The molecular weight excluding hydrogens is 212 g/mol. The van der Waals surface area contributed by atoms with Gasteiger partial charge in [0.1, 0.15) is 10.9 Å². The van der Waals surface area contributed by atoms with E-state index in [0.29, 0.717) is 23.9 Å². The molecule has 1 aliphatic rings. The smallest absolute Gasteiger partial charge is 0.137 e. The molecule has 1 fully saturated rings. The molecule has 0 unspecified atom stereocenters. The second-order valence-corrected chi connectivity index (χ2v) is 4.33. The summed E-state index contributed by atoms with van der Waals surface area (Å²) in [7, 11) is 0. The number of halogens is 1. The molecule has 0 saturated heterocycles. The van der Waals surface area contributed by atoms with E-state index in [0.717, 1.165) is 12.8 Å². The van der Waals surface area contributed by atoms with Crippen LogP contribution in [0.25, 0.3) is 0 Å². The van der Waals surface area contributed by atoms with E-state index in [1.807, 2.05) is 0 Å². The van der Waals surface area contributed by atoms with Crippen molar-refractivity contribution in [1.82, 2.24) is 4.98 Å². The van der Waals surface area contributed by atoms with Crippen molar-refractivity contribution in [3.8, 4) is 11.8 Å². The van der Waals surface area contributed by atoms with E-state index < -0.39 is 0 Å². The van der Waals surface area contributed by atoms with Crippen LogP contribution in [0.2, 0.25) is 5.15 Å². The van der Waals surface area contributed by atoms with Gasteiger partial charge in [-0.15, -0.1) is 0 Å². The van der Waals surface area contributed by atoms with Gasteiger partial charge in [-0.25, -0.2) is 4.98 Å². The van der Waals surface area contributed by atoms with E-state index in [-0.39, 0.29) is 5.41 Å². The van der Waals surface area contributed by atoms with Gasteiger partial charge in [0.15, 0.2) is 0 Å². The first-order chi connectivity index (χ1) is 7.24. The molecule has 0 aromatic carbocycles. The summed E-state index contributed by atoms with van der Waals surface area (Å²) in [5.74, 6) is 0.712. The van der Waals surface area contributed by atoms with E-state index in [2.05, 4.69) is 11.1 Å². The molecule has 3 nitrogen and oxygen atoms in total. The zero-order chi connectivity index (χ0) is 10.7. The van der Waals surface area contributed by atoms with Gasteiger partial charge in [0.05, 0.1) is 18.9 Å². The van der Waals surface area contributed by atoms with Gasteiger partial charge in [-0.1, -0.05) is 11.6 Å². The van der Waals surface area contributed by atoms with Gasteiger partial charge in [-0.05, 0) is 25.0 Å². The molecule has 0 amide bonds. The van der Waals surface area contributed by atoms with Crippen LogP contribution >= 0.6 is 11.6 Å². The van der Waals surface area contributed by atoms with Gasteiger partial charge in [0.2, 0.25) is 0 Å². The van der Waals surface area contributed by atoms with Gasteiger partial charge in [-0.2, -0.15) is 5.26 Å². The fourth-order valence-electron chi connectivity index (χ4n) is 1.40. The third-order valence-corrected chi connectivity index (χ3v) is 2.88. The number of nitriles is 1. The van der Waals surface area contributed by atoms with Crippen LogP contribution in [-0.4, -0.2) is 11.6 Å². The van der Waals surface area contributed by atoms with Crippen LogP contribution in [0.3, 0.4) is 0 Å². The normalized spacial score (nSPS) is 16.8. The number of rotatable bonds is 4. The largest absolute Gasteiger partial charge is 0.491 e. The number of aromatic nitrogens is 1. The first-order valence-corrected chi connectivity index (χ1v) is 5.23. The minimum absolute atomic E-state index is 0.106. The molecule has 2 rings (SSSR count). The Balaban J connectivity index is 1.88. The van der Waals surface area contributed by atoms with Gasteiger partial charge >= 0.3 is 0 Å². The lowest BCUT2D eigenvalue weighted by atomic mass is 10.1. The van der Waals surface area contributed by atoms with Crippen LogP contribution in [0.5, 0.6) is 5.75 Å². The molecular formula is C11H11ClN2O. The maximum absolute atomic E-state index is 8.64. The summed E-state index contributed by atoms with van der Waals surface area (Å²) in [4.78, 5) is 3.92. The van der Waals surface area contributed by atoms with Crippen molar-refractivity contribution in [3.05, 3.63) is 23.5 Å². The van der Waals surface area contributed by atoms with Gasteiger partial charge in [-0.3, -0.25) is 0 Å². The molecule has 1 saturated carbocycles. The maximum Gasteiger partial charge on any atom is 0.137 e. The second kappa shape index (κ2) is 4.08. The lowest BCUT2D eigenvalue weighted by molar-refractivity contribution is 0.236. The third kappa shape index (κ3) is 2.60. The number of nitrogens with zero attached hydrogens (tertiary/aromatic N) is 2. The quantitative estimate of drug-likeness (QED) is 0.736. The third-order valence-electron chi connectivity index (χ3n) is 2.66. The highest BCUT2D eigenvalue weighted by atomic mass is 35.5. The number of hydrogen-bond acceptors (Lipinski definition) is 3. The average molecular weight is 223 g/mol. The molecule has 0 spiro atoms. The summed E-state index contributed by atoms with van der Waals surface area (Å²) in [5.41, 5.74) is 0.106. The highest BCUT2D eigenvalue weighted by Gasteiger charge is 2.43. The Hall–Kier alpha value is -1.27. The second-order valence-electron chi connectivity index (χ2n) is 3.94. The van der Waals surface area contributed by atoms with E-state index >= 15 is 0 Å². The number of pyridine rings is 1. The molecule has 0 atom stereocenters. The molecule has 1 aromatic rings. The number of ether oxygens (including phenoxy) is 1. The summed E-state index contributed by atoms with van der Waals surface area (Å²) < 4.78 is 5.57. The van der Waals surface area contributed by atoms with Crippen molar-refractivity contribution >= 4 is 11.6 Å². The van der Waals surface area contributed by atoms with Crippen molar-refractivity contribution in [1.29, 1.82) is 5.26 Å². The van der Waals surface area contributed by atoms with Crippen molar-refractivity contribution in [2.24, 2.45) is 5.41 Å². The van der Waals surface area contributed by atoms with Crippen molar-refractivity contribution in [2.75, 3.05) is 6.61 Å². The standard InChI is InChI=1S/C11H11ClN2O/c12-10-2-1-9(7-14-10)15-8-11(3-4-11)5-6-13/h1-2,7H,3-5,8H2. The Kier molecular flexibility index (Phi) is 2.79. The van der Waals surface area contributed by atoms with Crippen LogP contribution in [0.4, 0.5) is 0 Å². The van der Waals surface area contributed by atoms with Crippen LogP contribution < -0.4 is 4.74 Å². The predicted molar refractivity (Wildman–Crippen MR) is 56.6 cm³/mol. The summed E-state index contributed by atoms with van der Waals surface area (Å²) in [6.07, 6.45) is 4.35. The first-order valence-electron chi connectivity index (χ1n) is 4.85. The highest BCUT2D eigenvalue weighted by molar-refractivity contribution is 6.29. The van der Waals surface area contributed by atoms with E-state index in [4.69, 9.17) is 21.6 Å². The fraction of sp³-hybridized carbons (Fsp3) is 0.455. The van der Waals surface area contributed by atoms with Crippen molar-refractivity contribution in [3.63, 3.8) is 0 Å². The molecule has 0 N–H and O–H groups in total. The zero-order valence-corrected chi connectivity index (χ0v) is 9.00. The summed E-state index contributed by atoms with van der Waals surface area (Å²) in [5, 5.41) is 9.10. The minimum atomic E-state index is 0.106. The molecule has 1 aliphatic carbocycles. The van der Waals surface area contributed by atoms with Gasteiger partial charge in [0, 0.05) is 11.8 Å². The topological polar surface area (TPSA) is 45.9 Å². The number of hydrogen-bond donors (Lipinski definition) is 0. The Morgan fingerprint density at radius 2 is 2.33 bits per heavy atom. The fourth-order valence-corrected chi connectivity index (χ4v) is 1.51. The van der Waals surface area contributed by atoms with Crippen LogP contribution in [-0.2, 0) is 0 Å². The molecule has 0 aliphatic heterocycles. The Labute approximate surface area is 93.6 Å². The molecule has 1 aromatic heterocycles. The van der Waals surface area contributed by atoms with Gasteiger partial charge < -0.3 is 4.74 Å². The lowest BCUT2D eigenvalue weighted by Gasteiger charge is -2.12. The van der Waals surface area contributed by atoms with Crippen LogP contribution in [0.15, 0.2) is 18.3 Å². The summed E-state index contributed by atoms with van der Waals surface area (Å²) in [6.45, 7) is 0.601. The highest BCUT2D eigenvalue weighted by Crippen LogP contribution is 2.48. The zero-order valence-electron chi connectivity index (χ0n) is 8.24. The van der Waals surface area contributed by atoms with E-state index in [1.54, 1.807) is 18.3 Å². The Morgan fingerprint density at radius 3 is 2.87 bits per heavy atom. The summed E-state index contributed by atoms with van der Waals surface area (Å²) in [6, 6.07) is 5.68.